The van der Waals surface area contributed by atoms with Gasteiger partial charge in [0, 0.05) is 6.54 Å². The van der Waals surface area contributed by atoms with Crippen molar-refractivity contribution in [1.82, 2.24) is 4.72 Å². The number of anilines is 1. The number of aryl methyl sites for hydroxylation is 3. The molecule has 2 aromatic carbocycles. The molecule has 2 aromatic rings. The van der Waals surface area contributed by atoms with Crippen LogP contribution in [-0.4, -0.2) is 8.42 Å². The molecule has 4 nitrogen and oxygen atoms in total. The van der Waals surface area contributed by atoms with Gasteiger partial charge in [-0.3, -0.25) is 0 Å². The summed E-state index contributed by atoms with van der Waals surface area (Å²) in [6.07, 6.45) is 0. The summed E-state index contributed by atoms with van der Waals surface area (Å²) in [6, 6.07) is 11.0. The molecule has 0 aliphatic rings. The lowest BCUT2D eigenvalue weighted by molar-refractivity contribution is 0.581. The van der Waals surface area contributed by atoms with Crippen LogP contribution >= 0.6 is 0 Å². The average molecular weight is 304 g/mol. The molecule has 0 aromatic heterocycles. The van der Waals surface area contributed by atoms with Crippen LogP contribution in [0, 0.1) is 20.8 Å². The van der Waals surface area contributed by atoms with E-state index in [0.29, 0.717) is 0 Å². The average Bonchev–Trinajstić information content (AvgIpc) is 2.41. The third-order valence-electron chi connectivity index (χ3n) is 3.46. The first-order valence-corrected chi connectivity index (χ1v) is 8.20. The molecular formula is C16H20N2O2S. The minimum atomic E-state index is -3.62. The number of sulfonamides is 1. The van der Waals surface area contributed by atoms with Crippen LogP contribution < -0.4 is 10.5 Å². The predicted molar refractivity (Wildman–Crippen MR) is 85.5 cm³/mol. The Kier molecular flexibility index (Phi) is 4.34. The van der Waals surface area contributed by atoms with Crippen molar-refractivity contribution in [1.29, 1.82) is 0 Å². The van der Waals surface area contributed by atoms with Crippen molar-refractivity contribution in [3.63, 3.8) is 0 Å². The minimum Gasteiger partial charge on any atom is -0.398 e. The highest BCUT2D eigenvalue weighted by atomic mass is 32.2. The van der Waals surface area contributed by atoms with Crippen LogP contribution in [0.5, 0.6) is 0 Å². The van der Waals surface area contributed by atoms with Gasteiger partial charge in [0.1, 0.15) is 4.90 Å². The van der Waals surface area contributed by atoms with E-state index in [1.54, 1.807) is 12.1 Å². The Labute approximate surface area is 126 Å². The fourth-order valence-corrected chi connectivity index (χ4v) is 3.34. The summed E-state index contributed by atoms with van der Waals surface area (Å²) in [4.78, 5) is 0.137. The maximum atomic E-state index is 12.4. The number of nitrogen functional groups attached to an aromatic ring is 1. The van der Waals surface area contributed by atoms with Gasteiger partial charge in [-0.25, -0.2) is 13.1 Å². The van der Waals surface area contributed by atoms with Crippen molar-refractivity contribution in [2.24, 2.45) is 0 Å². The summed E-state index contributed by atoms with van der Waals surface area (Å²) in [5.74, 6) is 0. The lowest BCUT2D eigenvalue weighted by atomic mass is 10.1. The highest BCUT2D eigenvalue weighted by molar-refractivity contribution is 7.89. The van der Waals surface area contributed by atoms with Crippen LogP contribution in [-0.2, 0) is 16.6 Å². The molecule has 0 aliphatic heterocycles. The monoisotopic (exact) mass is 304 g/mol. The van der Waals surface area contributed by atoms with Gasteiger partial charge in [-0.1, -0.05) is 29.8 Å². The SMILES string of the molecule is Cc1cccc(CNS(=O)(=O)c2cc(C)c(C)cc2N)c1. The fraction of sp³-hybridized carbons (Fsp3) is 0.250. The normalized spacial score (nSPS) is 11.6. The summed E-state index contributed by atoms with van der Waals surface area (Å²) in [5, 5.41) is 0. The number of hydrogen-bond acceptors (Lipinski definition) is 3. The maximum absolute atomic E-state index is 12.4. The molecule has 112 valence electrons. The van der Waals surface area contributed by atoms with E-state index in [4.69, 9.17) is 5.73 Å². The Balaban J connectivity index is 2.25. The first kappa shape index (κ1) is 15.5. The van der Waals surface area contributed by atoms with Crippen LogP contribution in [0.15, 0.2) is 41.3 Å². The lowest BCUT2D eigenvalue weighted by Crippen LogP contribution is -2.24. The quantitative estimate of drug-likeness (QED) is 0.853. The maximum Gasteiger partial charge on any atom is 0.242 e. The Hall–Kier alpha value is -1.85. The molecular weight excluding hydrogens is 284 g/mol. The zero-order valence-corrected chi connectivity index (χ0v) is 13.3. The van der Waals surface area contributed by atoms with Crippen molar-refractivity contribution >= 4 is 15.7 Å². The van der Waals surface area contributed by atoms with E-state index < -0.39 is 10.0 Å². The van der Waals surface area contributed by atoms with Crippen molar-refractivity contribution in [2.45, 2.75) is 32.2 Å². The van der Waals surface area contributed by atoms with Crippen LogP contribution in [0.25, 0.3) is 0 Å². The topological polar surface area (TPSA) is 72.2 Å². The predicted octanol–water partition coefficient (Wildman–Crippen LogP) is 2.67. The van der Waals surface area contributed by atoms with E-state index in [1.807, 2.05) is 45.0 Å². The summed E-state index contributed by atoms with van der Waals surface area (Å²) < 4.78 is 27.4. The van der Waals surface area contributed by atoms with Crippen LogP contribution in [0.4, 0.5) is 5.69 Å². The molecule has 0 saturated carbocycles. The first-order valence-electron chi connectivity index (χ1n) is 6.71. The number of rotatable bonds is 4. The minimum absolute atomic E-state index is 0.137. The molecule has 0 spiro atoms. The molecule has 5 heteroatoms. The summed E-state index contributed by atoms with van der Waals surface area (Å²) in [7, 11) is -3.62. The molecule has 0 saturated heterocycles. The second-order valence-corrected chi connectivity index (χ2v) is 7.02. The van der Waals surface area contributed by atoms with Crippen LogP contribution in [0.2, 0.25) is 0 Å². The Bertz CT molecular complexity index is 768. The summed E-state index contributed by atoms with van der Waals surface area (Å²) in [6.45, 7) is 5.99. The van der Waals surface area contributed by atoms with E-state index >= 15 is 0 Å². The molecule has 3 N–H and O–H groups in total. The standard InChI is InChI=1S/C16H20N2O2S/c1-11-5-4-6-14(7-11)10-18-21(19,20)16-9-13(3)12(2)8-15(16)17/h4-9,18H,10,17H2,1-3H3. The largest absolute Gasteiger partial charge is 0.398 e. The van der Waals surface area contributed by atoms with Gasteiger partial charge < -0.3 is 5.73 Å². The molecule has 0 fully saturated rings. The van der Waals surface area contributed by atoms with E-state index in [1.165, 1.54) is 0 Å². The van der Waals surface area contributed by atoms with Gasteiger partial charge in [0.2, 0.25) is 10.0 Å². The van der Waals surface area contributed by atoms with Gasteiger partial charge in [-0.05, 0) is 49.6 Å². The molecule has 0 amide bonds. The molecule has 2 rings (SSSR count). The zero-order valence-electron chi connectivity index (χ0n) is 12.5. The molecule has 21 heavy (non-hydrogen) atoms. The van der Waals surface area contributed by atoms with Crippen molar-refractivity contribution in [2.75, 3.05) is 5.73 Å². The van der Waals surface area contributed by atoms with Gasteiger partial charge in [0.15, 0.2) is 0 Å². The van der Waals surface area contributed by atoms with Crippen molar-refractivity contribution < 1.29 is 8.42 Å². The van der Waals surface area contributed by atoms with E-state index in [0.717, 1.165) is 22.3 Å². The fourth-order valence-electron chi connectivity index (χ4n) is 2.12. The third-order valence-corrected chi connectivity index (χ3v) is 4.92. The highest BCUT2D eigenvalue weighted by Crippen LogP contribution is 2.22. The zero-order chi connectivity index (χ0) is 15.6. The van der Waals surface area contributed by atoms with Gasteiger partial charge in [-0.15, -0.1) is 0 Å². The molecule has 0 heterocycles. The molecule has 0 aliphatic carbocycles. The van der Waals surface area contributed by atoms with Gasteiger partial charge >= 0.3 is 0 Å². The number of nitrogens with one attached hydrogen (secondary N) is 1. The van der Waals surface area contributed by atoms with Gasteiger partial charge in [0.25, 0.3) is 0 Å². The number of nitrogens with two attached hydrogens (primary N) is 1. The molecule has 0 unspecified atom stereocenters. The number of benzene rings is 2. The van der Waals surface area contributed by atoms with E-state index in [2.05, 4.69) is 4.72 Å². The summed E-state index contributed by atoms with van der Waals surface area (Å²) >= 11 is 0. The number of hydrogen-bond donors (Lipinski definition) is 2. The highest BCUT2D eigenvalue weighted by Gasteiger charge is 2.18. The Morgan fingerprint density at radius 1 is 1.05 bits per heavy atom. The molecule has 0 radical (unpaired) electrons. The molecule has 0 bridgehead atoms. The van der Waals surface area contributed by atoms with Gasteiger partial charge in [-0.2, -0.15) is 0 Å². The summed E-state index contributed by atoms with van der Waals surface area (Å²) in [5.41, 5.74) is 10.0. The van der Waals surface area contributed by atoms with Gasteiger partial charge in [0.05, 0.1) is 5.69 Å². The molecule has 0 atom stereocenters. The van der Waals surface area contributed by atoms with Crippen LogP contribution in [0.3, 0.4) is 0 Å². The van der Waals surface area contributed by atoms with Crippen molar-refractivity contribution in [3.05, 3.63) is 58.7 Å². The van der Waals surface area contributed by atoms with Crippen LogP contribution in [0.1, 0.15) is 22.3 Å². The van der Waals surface area contributed by atoms with E-state index in [9.17, 15) is 8.42 Å². The Morgan fingerprint density at radius 2 is 1.71 bits per heavy atom. The third kappa shape index (κ3) is 3.62. The second-order valence-electron chi connectivity index (χ2n) is 5.29. The second kappa shape index (κ2) is 5.87. The lowest BCUT2D eigenvalue weighted by Gasteiger charge is -2.12. The van der Waals surface area contributed by atoms with E-state index in [-0.39, 0.29) is 17.1 Å². The first-order chi connectivity index (χ1) is 9.79. The van der Waals surface area contributed by atoms with Crippen molar-refractivity contribution in [3.8, 4) is 0 Å². The smallest absolute Gasteiger partial charge is 0.242 e. The Morgan fingerprint density at radius 3 is 2.38 bits per heavy atom.